The number of hydrogen-bond donors (Lipinski definition) is 1. The summed E-state index contributed by atoms with van der Waals surface area (Å²) in [4.78, 5) is 4.61. The minimum Gasteiger partial charge on any atom is -0.310 e. The van der Waals surface area contributed by atoms with Gasteiger partial charge in [-0.15, -0.1) is 0 Å². The third-order valence-corrected chi connectivity index (χ3v) is 4.48. The fourth-order valence-corrected chi connectivity index (χ4v) is 3.32. The van der Waals surface area contributed by atoms with E-state index in [1.54, 1.807) is 5.56 Å². The van der Waals surface area contributed by atoms with Gasteiger partial charge >= 0.3 is 0 Å². The molecule has 0 saturated carbocycles. The Morgan fingerprint density at radius 1 is 1.19 bits per heavy atom. The van der Waals surface area contributed by atoms with Gasteiger partial charge in [-0.2, -0.15) is 0 Å². The average molecular weight is 280 g/mol. The van der Waals surface area contributed by atoms with Crippen LogP contribution < -0.4 is 5.32 Å². The number of benzene rings is 1. The molecule has 0 spiro atoms. The molecule has 21 heavy (non-hydrogen) atoms. The molecule has 1 heterocycles. The second kappa shape index (κ2) is 6.40. The largest absolute Gasteiger partial charge is 0.310 e. The van der Waals surface area contributed by atoms with E-state index in [2.05, 4.69) is 54.5 Å². The highest BCUT2D eigenvalue weighted by Crippen LogP contribution is 2.33. The molecular formula is C19H24N2. The molecule has 1 aliphatic carbocycles. The minimum absolute atomic E-state index is 0.542. The highest BCUT2D eigenvalue weighted by Gasteiger charge is 2.23. The van der Waals surface area contributed by atoms with Crippen molar-refractivity contribution in [1.29, 1.82) is 0 Å². The van der Waals surface area contributed by atoms with Crippen molar-refractivity contribution in [3.63, 3.8) is 0 Å². The first-order chi connectivity index (χ1) is 10.3. The summed E-state index contributed by atoms with van der Waals surface area (Å²) in [6, 6.07) is 11.7. The van der Waals surface area contributed by atoms with Crippen molar-refractivity contribution in [3.8, 4) is 0 Å². The monoisotopic (exact) mass is 280 g/mol. The Hall–Kier alpha value is -1.67. The van der Waals surface area contributed by atoms with Gasteiger partial charge in [-0.1, -0.05) is 38.1 Å². The number of nitrogens with zero attached hydrogens (tertiary/aromatic N) is 1. The van der Waals surface area contributed by atoms with Crippen molar-refractivity contribution in [2.45, 2.75) is 45.6 Å². The van der Waals surface area contributed by atoms with Gasteiger partial charge in [0.15, 0.2) is 0 Å². The molecular weight excluding hydrogens is 256 g/mol. The second-order valence-corrected chi connectivity index (χ2v) is 5.82. The van der Waals surface area contributed by atoms with E-state index in [0.29, 0.717) is 6.04 Å². The van der Waals surface area contributed by atoms with Crippen LogP contribution >= 0.6 is 0 Å². The maximum atomic E-state index is 4.61. The molecule has 1 aromatic heterocycles. The molecule has 1 aromatic carbocycles. The van der Waals surface area contributed by atoms with Crippen LogP contribution in [-0.2, 0) is 19.3 Å². The molecule has 3 rings (SSSR count). The maximum Gasteiger partial charge on any atom is 0.0447 e. The van der Waals surface area contributed by atoms with Crippen molar-refractivity contribution < 1.29 is 0 Å². The van der Waals surface area contributed by atoms with Crippen molar-refractivity contribution >= 4 is 0 Å². The lowest BCUT2D eigenvalue weighted by Crippen LogP contribution is -2.18. The molecule has 2 aromatic rings. The second-order valence-electron chi connectivity index (χ2n) is 5.82. The standard InChI is InChI=1S/C19H24N2/c1-3-14-8-9-16(21-13-14)12-15-6-5-7-18-17(15)10-11-19(18)20-4-2/h5-9,13,19-20H,3-4,10-12H2,1-2H3. The van der Waals surface area contributed by atoms with Crippen molar-refractivity contribution in [2.24, 2.45) is 0 Å². The van der Waals surface area contributed by atoms with Crippen LogP contribution in [0.15, 0.2) is 36.5 Å². The summed E-state index contributed by atoms with van der Waals surface area (Å²) in [6.45, 7) is 5.39. The highest BCUT2D eigenvalue weighted by atomic mass is 14.9. The first-order valence-electron chi connectivity index (χ1n) is 8.09. The summed E-state index contributed by atoms with van der Waals surface area (Å²) in [5.41, 5.74) is 6.98. The Kier molecular flexibility index (Phi) is 4.35. The van der Waals surface area contributed by atoms with E-state index in [-0.39, 0.29) is 0 Å². The van der Waals surface area contributed by atoms with Crippen molar-refractivity contribution in [1.82, 2.24) is 10.3 Å². The first kappa shape index (κ1) is 14.3. The Labute approximate surface area is 127 Å². The fourth-order valence-electron chi connectivity index (χ4n) is 3.32. The lowest BCUT2D eigenvalue weighted by atomic mass is 9.98. The lowest BCUT2D eigenvalue weighted by Gasteiger charge is -2.13. The van der Waals surface area contributed by atoms with Gasteiger partial charge in [-0.25, -0.2) is 0 Å². The van der Waals surface area contributed by atoms with Crippen molar-refractivity contribution in [3.05, 3.63) is 64.5 Å². The van der Waals surface area contributed by atoms with Crippen molar-refractivity contribution in [2.75, 3.05) is 6.54 Å². The predicted octanol–water partition coefficient (Wildman–Crippen LogP) is 3.83. The van der Waals surface area contributed by atoms with E-state index in [1.807, 2.05) is 6.20 Å². The Balaban J connectivity index is 1.83. The number of nitrogens with one attached hydrogen (secondary N) is 1. The molecule has 0 saturated heterocycles. The molecule has 0 radical (unpaired) electrons. The zero-order chi connectivity index (χ0) is 14.7. The number of pyridine rings is 1. The highest BCUT2D eigenvalue weighted by molar-refractivity contribution is 5.42. The molecule has 1 atom stereocenters. The summed E-state index contributed by atoms with van der Waals surface area (Å²) in [7, 11) is 0. The summed E-state index contributed by atoms with van der Waals surface area (Å²) < 4.78 is 0. The summed E-state index contributed by atoms with van der Waals surface area (Å²) >= 11 is 0. The Morgan fingerprint density at radius 2 is 2.10 bits per heavy atom. The van der Waals surface area contributed by atoms with Gasteiger partial charge in [-0.3, -0.25) is 4.98 Å². The number of aromatic nitrogens is 1. The van der Waals surface area contributed by atoms with Gasteiger partial charge in [-0.05, 0) is 54.1 Å². The van der Waals surface area contributed by atoms with E-state index < -0.39 is 0 Å². The third-order valence-electron chi connectivity index (χ3n) is 4.48. The topological polar surface area (TPSA) is 24.9 Å². The van der Waals surface area contributed by atoms with Crippen LogP contribution in [0.2, 0.25) is 0 Å². The van der Waals surface area contributed by atoms with Crippen LogP contribution in [0.25, 0.3) is 0 Å². The van der Waals surface area contributed by atoms with Gasteiger partial charge in [0.1, 0.15) is 0 Å². The normalized spacial score (nSPS) is 17.0. The number of rotatable bonds is 5. The third kappa shape index (κ3) is 3.01. The van der Waals surface area contributed by atoms with Gasteiger partial charge in [0.25, 0.3) is 0 Å². The van der Waals surface area contributed by atoms with Crippen LogP contribution in [0, 0.1) is 0 Å². The average Bonchev–Trinajstić information content (AvgIpc) is 2.93. The molecule has 110 valence electrons. The Morgan fingerprint density at radius 3 is 2.81 bits per heavy atom. The number of aryl methyl sites for hydroxylation is 1. The quantitative estimate of drug-likeness (QED) is 0.900. The number of hydrogen-bond acceptors (Lipinski definition) is 2. The molecule has 2 heteroatoms. The molecule has 0 fully saturated rings. The molecule has 1 aliphatic rings. The molecule has 1 N–H and O–H groups in total. The van der Waals surface area contributed by atoms with Crippen LogP contribution in [0.3, 0.4) is 0 Å². The summed E-state index contributed by atoms with van der Waals surface area (Å²) in [6.07, 6.45) is 6.43. The van der Waals surface area contributed by atoms with Crippen LogP contribution in [0.1, 0.15) is 54.3 Å². The van der Waals surface area contributed by atoms with E-state index >= 15 is 0 Å². The van der Waals surface area contributed by atoms with Gasteiger partial charge < -0.3 is 5.32 Å². The summed E-state index contributed by atoms with van der Waals surface area (Å²) in [5.74, 6) is 0. The smallest absolute Gasteiger partial charge is 0.0447 e. The summed E-state index contributed by atoms with van der Waals surface area (Å²) in [5, 5.41) is 3.59. The van der Waals surface area contributed by atoms with Crippen LogP contribution in [-0.4, -0.2) is 11.5 Å². The van der Waals surface area contributed by atoms with E-state index in [4.69, 9.17) is 0 Å². The predicted molar refractivity (Wildman–Crippen MR) is 87.6 cm³/mol. The molecule has 0 amide bonds. The molecule has 0 aliphatic heterocycles. The molecule has 0 bridgehead atoms. The van der Waals surface area contributed by atoms with E-state index in [1.165, 1.54) is 35.2 Å². The molecule has 2 nitrogen and oxygen atoms in total. The zero-order valence-electron chi connectivity index (χ0n) is 13.0. The zero-order valence-corrected chi connectivity index (χ0v) is 13.0. The maximum absolute atomic E-state index is 4.61. The van der Waals surface area contributed by atoms with Crippen LogP contribution in [0.4, 0.5) is 0 Å². The SMILES string of the molecule is CCNC1CCc2c(Cc3ccc(CC)cn3)cccc21. The first-order valence-corrected chi connectivity index (χ1v) is 8.09. The fraction of sp³-hybridized carbons (Fsp3) is 0.421. The van der Waals surface area contributed by atoms with E-state index in [0.717, 1.165) is 19.4 Å². The molecule has 1 unspecified atom stereocenters. The van der Waals surface area contributed by atoms with E-state index in [9.17, 15) is 0 Å². The van der Waals surface area contributed by atoms with Gasteiger partial charge in [0, 0.05) is 24.4 Å². The lowest BCUT2D eigenvalue weighted by molar-refractivity contribution is 0.549. The Bertz CT molecular complexity index is 601. The van der Waals surface area contributed by atoms with Gasteiger partial charge in [0.05, 0.1) is 0 Å². The van der Waals surface area contributed by atoms with Gasteiger partial charge in [0.2, 0.25) is 0 Å². The number of fused-ring (bicyclic) bond motifs is 1. The minimum atomic E-state index is 0.542. The van der Waals surface area contributed by atoms with Crippen LogP contribution in [0.5, 0.6) is 0 Å².